The van der Waals surface area contributed by atoms with Crippen LogP contribution in [0, 0.1) is 44.1 Å². The summed E-state index contributed by atoms with van der Waals surface area (Å²) in [7, 11) is 1.34. The van der Waals surface area contributed by atoms with E-state index in [1.165, 1.54) is 7.11 Å². The number of esters is 1. The van der Waals surface area contributed by atoms with Crippen LogP contribution in [0.15, 0.2) is 16.8 Å². The normalized spacial score (nSPS) is 31.3. The second-order valence-corrected chi connectivity index (χ2v) is 3.29. The fraction of sp³-hybridized carbons (Fsp3) is 0.625. The van der Waals surface area contributed by atoms with Crippen LogP contribution in [-0.4, -0.2) is 31.2 Å². The van der Waals surface area contributed by atoms with E-state index in [1.54, 1.807) is 6.08 Å². The molecule has 2 aliphatic rings. The van der Waals surface area contributed by atoms with Gasteiger partial charge in [-0.05, 0) is 12.0 Å². The van der Waals surface area contributed by atoms with Crippen LogP contribution in [-0.2, 0) is 9.53 Å². The molecule has 1 saturated heterocycles. The molecule has 77 valence electrons. The van der Waals surface area contributed by atoms with Crippen molar-refractivity contribution in [2.45, 2.75) is 24.5 Å². The van der Waals surface area contributed by atoms with Gasteiger partial charge in [-0.3, -0.25) is 0 Å². The summed E-state index contributed by atoms with van der Waals surface area (Å²) in [6.07, 6.45) is 2.22. The van der Waals surface area contributed by atoms with Crippen molar-refractivity contribution in [1.29, 1.82) is 0 Å². The first kappa shape index (κ1) is 13.0. The molecule has 7 heteroatoms. The molecule has 0 saturated carbocycles. The minimum absolute atomic E-state index is 0. The van der Waals surface area contributed by atoms with Crippen molar-refractivity contribution in [3.05, 3.63) is 27.4 Å². The summed E-state index contributed by atoms with van der Waals surface area (Å²) >= 11 is 0. The fourth-order valence-corrected chi connectivity index (χ4v) is 1.70. The number of nitrogens with zero attached hydrogens (tertiary/aromatic N) is 4. The molecule has 1 heterocycles. The Kier molecular flexibility index (Phi) is 4.60. The second-order valence-electron chi connectivity index (χ2n) is 3.29. The van der Waals surface area contributed by atoms with Gasteiger partial charge in [0.1, 0.15) is 0 Å². The second kappa shape index (κ2) is 5.31. The molecule has 0 N–H and O–H groups in total. The first-order valence-electron chi connectivity index (χ1n) is 4.29. The number of methoxy groups -OCH3 is 1. The van der Waals surface area contributed by atoms with E-state index in [2.05, 4.69) is 20.1 Å². The first-order chi connectivity index (χ1) is 6.76. The number of carbonyl (C=O) groups is 1. The van der Waals surface area contributed by atoms with Gasteiger partial charge in [0.2, 0.25) is 0 Å². The van der Waals surface area contributed by atoms with Crippen molar-refractivity contribution in [2.75, 3.05) is 7.11 Å². The van der Waals surface area contributed by atoms with Gasteiger partial charge in [0, 0.05) is 60.6 Å². The topological polar surface area (TPSA) is 89.2 Å². The first-order valence-corrected chi connectivity index (χ1v) is 4.29. The van der Waals surface area contributed by atoms with Gasteiger partial charge < -0.3 is 10.1 Å². The van der Waals surface area contributed by atoms with Crippen LogP contribution in [0.5, 0.6) is 0 Å². The molecule has 1 aliphatic carbocycles. The monoisotopic (exact) mass is 420 g/mol. The zero-order valence-electron chi connectivity index (χ0n) is 8.20. The Bertz CT molecular complexity index is 351. The van der Waals surface area contributed by atoms with Gasteiger partial charge in [-0.15, -0.1) is 12.1 Å². The summed E-state index contributed by atoms with van der Waals surface area (Å²) < 4.78 is 4.60. The number of hydrogen-bond acceptors (Lipinski definition) is 3. The summed E-state index contributed by atoms with van der Waals surface area (Å²) in [6, 6.07) is -0.0863. The molecule has 2 rings (SSSR count). The van der Waals surface area contributed by atoms with Crippen LogP contribution in [0.1, 0.15) is 6.42 Å². The molecular weight excluding hydrogens is 411 g/mol. The maximum atomic E-state index is 11.2. The van der Waals surface area contributed by atoms with Crippen LogP contribution in [0.4, 0.5) is 0 Å². The van der Waals surface area contributed by atoms with Crippen LogP contribution >= 0.6 is 0 Å². The fourth-order valence-electron chi connectivity index (χ4n) is 1.70. The number of carbonyl (C=O) groups excluding carboxylic acids is 1. The molecule has 0 amide bonds. The molecule has 0 aromatic carbocycles. The van der Waals surface area contributed by atoms with Crippen LogP contribution < -0.4 is 0 Å². The summed E-state index contributed by atoms with van der Waals surface area (Å²) in [5.74, 6) is -0.358. The summed E-state index contributed by atoms with van der Waals surface area (Å²) in [5, 5.41) is 7.78. The number of hydrogen-bond donors (Lipinski definition) is 0. The zero-order valence-corrected chi connectivity index (χ0v) is 12.9. The van der Waals surface area contributed by atoms with E-state index in [0.29, 0.717) is 12.0 Å². The van der Waals surface area contributed by atoms with E-state index in [0.717, 1.165) is 0 Å². The molecule has 0 aromatic heterocycles. The van der Waals surface area contributed by atoms with Gasteiger partial charge in [-0.2, -0.15) is 0 Å². The number of azide groups is 1. The van der Waals surface area contributed by atoms with Crippen molar-refractivity contribution < 1.29 is 53.6 Å². The predicted octanol–water partition coefficient (Wildman–Crippen LogP) is 1.29. The molecule has 6 nitrogen and oxygen atoms in total. The third-order valence-electron chi connectivity index (χ3n) is 2.45. The van der Waals surface area contributed by atoms with Crippen molar-refractivity contribution in [3.63, 3.8) is 0 Å². The summed E-state index contributed by atoms with van der Waals surface area (Å²) in [5.41, 5.74) is 8.88. The molecular formula is C8H9AcN4O2-. The Morgan fingerprint density at radius 3 is 3.13 bits per heavy atom. The van der Waals surface area contributed by atoms with E-state index in [9.17, 15) is 4.79 Å². The molecule has 0 bridgehead atoms. The number of rotatable bonds is 2. The van der Waals surface area contributed by atoms with Gasteiger partial charge in [0.25, 0.3) is 0 Å². The Labute approximate surface area is 123 Å². The van der Waals surface area contributed by atoms with Crippen molar-refractivity contribution in [1.82, 2.24) is 0 Å². The maximum Gasteiger partial charge on any atom is 0.333 e. The molecule has 3 unspecified atom stereocenters. The summed E-state index contributed by atoms with van der Waals surface area (Å²) in [6.45, 7) is 0. The Morgan fingerprint density at radius 1 is 1.80 bits per heavy atom. The SMILES string of the molecule is COC(=O)C1=CC2[N-]C2C(N=[N+]=[N-])C1.[Ac]. The smallest absolute Gasteiger partial charge is 0.333 e. The Hall–Kier alpha value is -0.0784. The van der Waals surface area contributed by atoms with Crippen LogP contribution in [0.3, 0.4) is 0 Å². The minimum atomic E-state index is -0.358. The summed E-state index contributed by atoms with van der Waals surface area (Å²) in [4.78, 5) is 14.0. The third-order valence-corrected chi connectivity index (χ3v) is 2.45. The van der Waals surface area contributed by atoms with E-state index in [4.69, 9.17) is 5.53 Å². The van der Waals surface area contributed by atoms with Gasteiger partial charge >= 0.3 is 5.97 Å². The number of ether oxygens (including phenoxy) is 1. The van der Waals surface area contributed by atoms with E-state index >= 15 is 0 Å². The van der Waals surface area contributed by atoms with Gasteiger partial charge in [0.15, 0.2) is 0 Å². The average molecular weight is 420 g/mol. The molecule has 3 atom stereocenters. The molecule has 15 heavy (non-hydrogen) atoms. The van der Waals surface area contributed by atoms with Crippen molar-refractivity contribution in [3.8, 4) is 0 Å². The molecule has 0 spiro atoms. The third kappa shape index (κ3) is 2.73. The Balaban J connectivity index is 0.00000112. The molecule has 1 fully saturated rings. The molecule has 1 radical (unpaired) electrons. The van der Waals surface area contributed by atoms with Gasteiger partial charge in [-0.25, -0.2) is 4.79 Å². The average Bonchev–Trinajstić information content (AvgIpc) is 2.96. The van der Waals surface area contributed by atoms with Crippen molar-refractivity contribution >= 4 is 5.97 Å². The quantitative estimate of drug-likeness (QED) is 0.222. The maximum absolute atomic E-state index is 11.2. The molecule has 1 aliphatic heterocycles. The predicted molar refractivity (Wildman–Crippen MR) is 48.6 cm³/mol. The zero-order chi connectivity index (χ0) is 10.1. The van der Waals surface area contributed by atoms with Gasteiger partial charge in [-0.1, -0.05) is 11.2 Å². The van der Waals surface area contributed by atoms with E-state index < -0.39 is 0 Å². The van der Waals surface area contributed by atoms with Crippen molar-refractivity contribution in [2.24, 2.45) is 5.11 Å². The minimum Gasteiger partial charge on any atom is -0.655 e. The standard InChI is InChI=1S/C8H9N4O2.Ac/c1-14-8(13)4-2-5-7(10-5)6(3-4)11-12-9;/h2,5-7H,3H2,1H3;/q-1;. The molecule has 0 aromatic rings. The van der Waals surface area contributed by atoms with E-state index in [1.807, 2.05) is 0 Å². The van der Waals surface area contributed by atoms with E-state index in [-0.39, 0.29) is 68.2 Å². The largest absolute Gasteiger partial charge is 0.655 e. The van der Waals surface area contributed by atoms with Crippen LogP contribution in [0.2, 0.25) is 0 Å². The Morgan fingerprint density at radius 2 is 2.53 bits per heavy atom. The van der Waals surface area contributed by atoms with Gasteiger partial charge in [0.05, 0.1) is 7.11 Å². The van der Waals surface area contributed by atoms with Crippen LogP contribution in [0.25, 0.3) is 15.8 Å². The number of fused-ring (bicyclic) bond motifs is 1.